The molecule has 0 aromatic heterocycles. The molecule has 1 nitrogen and oxygen atoms in total. The molecule has 0 fully saturated rings. The lowest BCUT2D eigenvalue weighted by atomic mass is 9.85. The maximum absolute atomic E-state index is 3.72. The Labute approximate surface area is 112 Å². The Hall–Kier alpha value is -0.820. The van der Waals surface area contributed by atoms with E-state index in [0.29, 0.717) is 6.04 Å². The summed E-state index contributed by atoms with van der Waals surface area (Å²) in [6.45, 7) is 12.6. The Balaban J connectivity index is 2.31. The standard InChI is InChI=1S/C17H27N/c1-6-9-18-16-12(2)10-13-7-8-14(11-15(13)16)17(3,4)5/h7-8,11-12,16,18H,6,9-10H2,1-5H3. The van der Waals surface area contributed by atoms with Gasteiger partial charge in [-0.2, -0.15) is 0 Å². The molecule has 1 N–H and O–H groups in total. The predicted octanol–water partition coefficient (Wildman–Crippen LogP) is 4.22. The van der Waals surface area contributed by atoms with Crippen molar-refractivity contribution in [3.05, 3.63) is 34.9 Å². The molecule has 0 radical (unpaired) electrons. The number of fused-ring (bicyclic) bond motifs is 1. The van der Waals surface area contributed by atoms with E-state index >= 15 is 0 Å². The van der Waals surface area contributed by atoms with Crippen LogP contribution in [-0.4, -0.2) is 6.54 Å². The van der Waals surface area contributed by atoms with Crippen molar-refractivity contribution in [2.24, 2.45) is 5.92 Å². The molecule has 0 amide bonds. The molecule has 1 aromatic carbocycles. The maximum Gasteiger partial charge on any atom is 0.0352 e. The van der Waals surface area contributed by atoms with E-state index in [-0.39, 0.29) is 5.41 Å². The van der Waals surface area contributed by atoms with E-state index in [2.05, 4.69) is 58.1 Å². The highest BCUT2D eigenvalue weighted by atomic mass is 14.9. The van der Waals surface area contributed by atoms with Crippen molar-refractivity contribution in [3.8, 4) is 0 Å². The summed E-state index contributed by atoms with van der Waals surface area (Å²) < 4.78 is 0. The van der Waals surface area contributed by atoms with E-state index in [0.717, 1.165) is 12.5 Å². The quantitative estimate of drug-likeness (QED) is 0.841. The number of hydrogen-bond donors (Lipinski definition) is 1. The van der Waals surface area contributed by atoms with Crippen LogP contribution in [-0.2, 0) is 11.8 Å². The molecule has 1 aliphatic carbocycles. The highest BCUT2D eigenvalue weighted by Gasteiger charge is 2.29. The van der Waals surface area contributed by atoms with Gasteiger partial charge >= 0.3 is 0 Å². The van der Waals surface area contributed by atoms with E-state index in [1.54, 1.807) is 11.1 Å². The molecule has 1 heteroatoms. The summed E-state index contributed by atoms with van der Waals surface area (Å²) in [5.41, 5.74) is 4.79. The van der Waals surface area contributed by atoms with Crippen LogP contribution in [0.1, 0.15) is 63.8 Å². The van der Waals surface area contributed by atoms with Crippen LogP contribution in [0.2, 0.25) is 0 Å². The Bertz CT molecular complexity index is 414. The van der Waals surface area contributed by atoms with Gasteiger partial charge in [0.1, 0.15) is 0 Å². The normalized spacial score (nSPS) is 23.2. The van der Waals surface area contributed by atoms with Crippen LogP contribution in [0.25, 0.3) is 0 Å². The van der Waals surface area contributed by atoms with E-state index in [1.807, 2.05) is 0 Å². The summed E-state index contributed by atoms with van der Waals surface area (Å²) in [6.07, 6.45) is 2.43. The molecule has 2 unspecified atom stereocenters. The number of benzene rings is 1. The fourth-order valence-corrected chi connectivity index (χ4v) is 2.92. The zero-order valence-electron chi connectivity index (χ0n) is 12.5. The largest absolute Gasteiger partial charge is 0.310 e. The first-order valence-corrected chi connectivity index (χ1v) is 7.30. The summed E-state index contributed by atoms with van der Waals surface area (Å²) in [5, 5.41) is 3.72. The first-order chi connectivity index (χ1) is 8.43. The van der Waals surface area contributed by atoms with Crippen molar-refractivity contribution in [2.45, 2.75) is 58.9 Å². The van der Waals surface area contributed by atoms with Crippen molar-refractivity contribution in [3.63, 3.8) is 0 Å². The van der Waals surface area contributed by atoms with Crippen molar-refractivity contribution in [1.29, 1.82) is 0 Å². The molecular weight excluding hydrogens is 218 g/mol. The Morgan fingerprint density at radius 1 is 1.28 bits per heavy atom. The van der Waals surface area contributed by atoms with E-state index in [4.69, 9.17) is 0 Å². The molecule has 0 saturated heterocycles. The van der Waals surface area contributed by atoms with Crippen LogP contribution in [0.4, 0.5) is 0 Å². The van der Waals surface area contributed by atoms with Gasteiger partial charge in [0.25, 0.3) is 0 Å². The minimum absolute atomic E-state index is 0.246. The van der Waals surface area contributed by atoms with Crippen LogP contribution < -0.4 is 5.32 Å². The molecule has 0 bridgehead atoms. The number of rotatable bonds is 3. The molecular formula is C17H27N. The van der Waals surface area contributed by atoms with E-state index < -0.39 is 0 Å². The summed E-state index contributed by atoms with van der Waals surface area (Å²) >= 11 is 0. The van der Waals surface area contributed by atoms with Gasteiger partial charge in [-0.1, -0.05) is 52.8 Å². The van der Waals surface area contributed by atoms with Gasteiger partial charge in [0, 0.05) is 6.04 Å². The van der Waals surface area contributed by atoms with Crippen LogP contribution >= 0.6 is 0 Å². The molecule has 0 aliphatic heterocycles. The first-order valence-electron chi connectivity index (χ1n) is 7.30. The maximum atomic E-state index is 3.72. The second-order valence-corrected chi connectivity index (χ2v) is 6.78. The first kappa shape index (κ1) is 13.6. The van der Waals surface area contributed by atoms with Gasteiger partial charge in [-0.25, -0.2) is 0 Å². The van der Waals surface area contributed by atoms with Gasteiger partial charge in [-0.15, -0.1) is 0 Å². The minimum Gasteiger partial charge on any atom is -0.310 e. The van der Waals surface area contributed by atoms with Crippen molar-refractivity contribution in [2.75, 3.05) is 6.54 Å². The van der Waals surface area contributed by atoms with E-state index in [1.165, 1.54) is 18.4 Å². The van der Waals surface area contributed by atoms with Crippen LogP contribution in [0.3, 0.4) is 0 Å². The van der Waals surface area contributed by atoms with Gasteiger partial charge in [0.05, 0.1) is 0 Å². The topological polar surface area (TPSA) is 12.0 Å². The van der Waals surface area contributed by atoms with Gasteiger partial charge < -0.3 is 5.32 Å². The molecule has 18 heavy (non-hydrogen) atoms. The van der Waals surface area contributed by atoms with Gasteiger partial charge in [-0.05, 0) is 47.4 Å². The third kappa shape index (κ3) is 2.61. The molecule has 2 atom stereocenters. The highest BCUT2D eigenvalue weighted by Crippen LogP contribution is 2.38. The summed E-state index contributed by atoms with van der Waals surface area (Å²) in [5.74, 6) is 0.724. The van der Waals surface area contributed by atoms with Crippen molar-refractivity contribution < 1.29 is 0 Å². The fourth-order valence-electron chi connectivity index (χ4n) is 2.92. The fraction of sp³-hybridized carbons (Fsp3) is 0.647. The summed E-state index contributed by atoms with van der Waals surface area (Å²) in [6, 6.07) is 7.65. The monoisotopic (exact) mass is 245 g/mol. The third-order valence-electron chi connectivity index (χ3n) is 4.07. The van der Waals surface area contributed by atoms with Crippen molar-refractivity contribution >= 4 is 0 Å². The second kappa shape index (κ2) is 5.05. The molecule has 0 heterocycles. The Morgan fingerprint density at radius 2 is 2.00 bits per heavy atom. The van der Waals surface area contributed by atoms with Crippen molar-refractivity contribution in [1.82, 2.24) is 5.32 Å². The van der Waals surface area contributed by atoms with Gasteiger partial charge in [0.15, 0.2) is 0 Å². The smallest absolute Gasteiger partial charge is 0.0352 e. The zero-order chi connectivity index (χ0) is 13.3. The molecule has 2 rings (SSSR count). The molecule has 100 valence electrons. The molecule has 1 aliphatic rings. The van der Waals surface area contributed by atoms with Gasteiger partial charge in [-0.3, -0.25) is 0 Å². The number of nitrogens with one attached hydrogen (secondary N) is 1. The van der Waals surface area contributed by atoms with Gasteiger partial charge in [0.2, 0.25) is 0 Å². The molecule has 0 spiro atoms. The third-order valence-corrected chi connectivity index (χ3v) is 4.07. The SMILES string of the molecule is CCCNC1c2cc(C(C)(C)C)ccc2CC1C. The highest BCUT2D eigenvalue weighted by molar-refractivity contribution is 5.41. The average Bonchev–Trinajstić information content (AvgIpc) is 2.60. The number of hydrogen-bond acceptors (Lipinski definition) is 1. The molecule has 0 saturated carbocycles. The lowest BCUT2D eigenvalue weighted by Crippen LogP contribution is -2.25. The lowest BCUT2D eigenvalue weighted by molar-refractivity contribution is 0.417. The van der Waals surface area contributed by atoms with Crippen LogP contribution in [0, 0.1) is 5.92 Å². The Morgan fingerprint density at radius 3 is 2.61 bits per heavy atom. The summed E-state index contributed by atoms with van der Waals surface area (Å²) in [7, 11) is 0. The lowest BCUT2D eigenvalue weighted by Gasteiger charge is -2.23. The zero-order valence-corrected chi connectivity index (χ0v) is 12.5. The van der Waals surface area contributed by atoms with Crippen LogP contribution in [0.15, 0.2) is 18.2 Å². The average molecular weight is 245 g/mol. The predicted molar refractivity (Wildman–Crippen MR) is 79.0 cm³/mol. The van der Waals surface area contributed by atoms with Crippen LogP contribution in [0.5, 0.6) is 0 Å². The summed E-state index contributed by atoms with van der Waals surface area (Å²) in [4.78, 5) is 0. The van der Waals surface area contributed by atoms with E-state index in [9.17, 15) is 0 Å². The Kier molecular flexibility index (Phi) is 3.82. The second-order valence-electron chi connectivity index (χ2n) is 6.78. The molecule has 1 aromatic rings. The minimum atomic E-state index is 0.246.